The quantitative estimate of drug-likeness (QED) is 0.796. The molecule has 0 heterocycles. The molecule has 1 aromatic rings. The Morgan fingerprint density at radius 3 is 2.79 bits per heavy atom. The second-order valence-electron chi connectivity index (χ2n) is 5.78. The van der Waals surface area contributed by atoms with Crippen molar-refractivity contribution in [3.05, 3.63) is 23.8 Å². The van der Waals surface area contributed by atoms with Crippen molar-refractivity contribution in [1.82, 2.24) is 0 Å². The van der Waals surface area contributed by atoms with Crippen molar-refractivity contribution in [2.75, 3.05) is 11.9 Å². The fraction of sp³-hybridized carbons (Fsp3) is 0.647. The Morgan fingerprint density at radius 2 is 2.11 bits per heavy atom. The van der Waals surface area contributed by atoms with E-state index < -0.39 is 0 Å². The Bertz CT molecular complexity index is 402. The minimum absolute atomic E-state index is 0.622. The Labute approximate surface area is 117 Å². The minimum Gasteiger partial charge on any atom is -0.491 e. The molecule has 0 spiro atoms. The van der Waals surface area contributed by atoms with Gasteiger partial charge in [0.05, 0.1) is 12.3 Å². The fourth-order valence-corrected chi connectivity index (χ4v) is 2.88. The third-order valence-corrected chi connectivity index (χ3v) is 4.08. The van der Waals surface area contributed by atoms with Gasteiger partial charge in [0.2, 0.25) is 0 Å². The lowest BCUT2D eigenvalue weighted by atomic mass is 10.1. The first-order valence-electron chi connectivity index (χ1n) is 7.72. The lowest BCUT2D eigenvalue weighted by Crippen LogP contribution is -2.16. The number of ether oxygens (including phenoxy) is 1. The van der Waals surface area contributed by atoms with Gasteiger partial charge in [-0.05, 0) is 56.2 Å². The maximum absolute atomic E-state index is 5.87. The van der Waals surface area contributed by atoms with Gasteiger partial charge in [-0.3, -0.25) is 0 Å². The van der Waals surface area contributed by atoms with Crippen molar-refractivity contribution in [3.8, 4) is 5.75 Å². The van der Waals surface area contributed by atoms with E-state index in [-0.39, 0.29) is 0 Å². The summed E-state index contributed by atoms with van der Waals surface area (Å²) in [5.74, 6) is 1.92. The van der Waals surface area contributed by atoms with E-state index in [1.54, 1.807) is 0 Å². The minimum atomic E-state index is 0.622. The molecule has 1 N–H and O–H groups in total. The number of benzene rings is 1. The van der Waals surface area contributed by atoms with Crippen LogP contribution >= 0.6 is 0 Å². The molecular formula is C17H27NO. The third kappa shape index (κ3) is 3.89. The lowest BCUT2D eigenvalue weighted by Gasteiger charge is -2.18. The van der Waals surface area contributed by atoms with Gasteiger partial charge in [-0.25, -0.2) is 0 Å². The van der Waals surface area contributed by atoms with Gasteiger partial charge in [0.25, 0.3) is 0 Å². The molecule has 0 aliphatic heterocycles. The largest absolute Gasteiger partial charge is 0.491 e. The summed E-state index contributed by atoms with van der Waals surface area (Å²) in [5, 5.41) is 3.68. The molecule has 2 nitrogen and oxygen atoms in total. The van der Waals surface area contributed by atoms with Crippen LogP contribution in [0, 0.1) is 12.8 Å². The average molecular weight is 261 g/mol. The van der Waals surface area contributed by atoms with Gasteiger partial charge in [-0.15, -0.1) is 0 Å². The normalized spacial score (nSPS) is 22.5. The summed E-state index contributed by atoms with van der Waals surface area (Å²) in [6.45, 7) is 7.35. The van der Waals surface area contributed by atoms with E-state index in [0.717, 1.165) is 24.7 Å². The summed E-state index contributed by atoms with van der Waals surface area (Å²) in [6, 6.07) is 7.09. The zero-order chi connectivity index (χ0) is 13.7. The second-order valence-corrected chi connectivity index (χ2v) is 5.78. The standard InChI is InChI=1S/C17H27NO/c1-4-10-19-17-11-13(3)6-9-16(17)18-15-8-7-14(5-2)12-15/h6,9,11,14-15,18H,4-5,7-8,10,12H2,1-3H3. The highest BCUT2D eigenvalue weighted by Gasteiger charge is 2.23. The van der Waals surface area contributed by atoms with Gasteiger partial charge in [-0.2, -0.15) is 0 Å². The van der Waals surface area contributed by atoms with Crippen LogP contribution in [0.5, 0.6) is 5.75 Å². The second kappa shape index (κ2) is 6.83. The molecule has 1 aliphatic rings. The molecule has 0 saturated heterocycles. The van der Waals surface area contributed by atoms with Gasteiger partial charge in [0.1, 0.15) is 5.75 Å². The first kappa shape index (κ1) is 14.2. The van der Waals surface area contributed by atoms with E-state index in [1.807, 2.05) is 0 Å². The maximum atomic E-state index is 5.87. The fourth-order valence-electron chi connectivity index (χ4n) is 2.88. The van der Waals surface area contributed by atoms with E-state index in [2.05, 4.69) is 44.3 Å². The van der Waals surface area contributed by atoms with E-state index in [9.17, 15) is 0 Å². The van der Waals surface area contributed by atoms with Crippen LogP contribution in [0.3, 0.4) is 0 Å². The Kier molecular flexibility index (Phi) is 5.12. The SMILES string of the molecule is CCCOc1cc(C)ccc1NC1CCC(CC)C1. The molecule has 1 saturated carbocycles. The van der Waals surface area contributed by atoms with E-state index in [1.165, 1.54) is 36.9 Å². The van der Waals surface area contributed by atoms with Crippen LogP contribution in [0.25, 0.3) is 0 Å². The van der Waals surface area contributed by atoms with Gasteiger partial charge in [0, 0.05) is 6.04 Å². The van der Waals surface area contributed by atoms with Gasteiger partial charge in [0.15, 0.2) is 0 Å². The van der Waals surface area contributed by atoms with Crippen LogP contribution in [0.1, 0.15) is 51.5 Å². The number of anilines is 1. The first-order chi connectivity index (χ1) is 9.22. The van der Waals surface area contributed by atoms with Crippen molar-refractivity contribution in [1.29, 1.82) is 0 Å². The molecular weight excluding hydrogens is 234 g/mol. The summed E-state index contributed by atoms with van der Waals surface area (Å²) in [6.07, 6.45) is 6.32. The van der Waals surface area contributed by atoms with E-state index >= 15 is 0 Å². The monoisotopic (exact) mass is 261 g/mol. The Morgan fingerprint density at radius 1 is 1.26 bits per heavy atom. The lowest BCUT2D eigenvalue weighted by molar-refractivity contribution is 0.318. The number of rotatable bonds is 6. The number of hydrogen-bond donors (Lipinski definition) is 1. The third-order valence-electron chi connectivity index (χ3n) is 4.08. The molecule has 0 aromatic heterocycles. The van der Waals surface area contributed by atoms with Crippen molar-refractivity contribution >= 4 is 5.69 Å². The van der Waals surface area contributed by atoms with Crippen molar-refractivity contribution in [2.45, 2.75) is 58.9 Å². The first-order valence-corrected chi connectivity index (χ1v) is 7.72. The molecule has 19 heavy (non-hydrogen) atoms. The van der Waals surface area contributed by atoms with Gasteiger partial charge < -0.3 is 10.1 Å². The summed E-state index contributed by atoms with van der Waals surface area (Å²) in [4.78, 5) is 0. The zero-order valence-electron chi connectivity index (χ0n) is 12.5. The average Bonchev–Trinajstić information content (AvgIpc) is 2.86. The Hall–Kier alpha value is -1.18. The predicted octanol–water partition coefficient (Wildman–Crippen LogP) is 4.77. The molecule has 2 rings (SSSR count). The molecule has 2 atom stereocenters. The molecule has 0 radical (unpaired) electrons. The highest BCUT2D eigenvalue weighted by molar-refractivity contribution is 5.58. The van der Waals surface area contributed by atoms with Gasteiger partial charge >= 0.3 is 0 Å². The number of aryl methyl sites for hydroxylation is 1. The van der Waals surface area contributed by atoms with Crippen LogP contribution in [0.4, 0.5) is 5.69 Å². The summed E-state index contributed by atoms with van der Waals surface area (Å²) < 4.78 is 5.87. The summed E-state index contributed by atoms with van der Waals surface area (Å²) in [7, 11) is 0. The van der Waals surface area contributed by atoms with Crippen molar-refractivity contribution < 1.29 is 4.74 Å². The molecule has 1 aromatic carbocycles. The topological polar surface area (TPSA) is 21.3 Å². The molecule has 1 fully saturated rings. The predicted molar refractivity (Wildman–Crippen MR) is 82.0 cm³/mol. The van der Waals surface area contributed by atoms with E-state index in [0.29, 0.717) is 6.04 Å². The molecule has 106 valence electrons. The molecule has 2 unspecified atom stereocenters. The van der Waals surface area contributed by atoms with Crippen LogP contribution in [0.15, 0.2) is 18.2 Å². The molecule has 2 heteroatoms. The van der Waals surface area contributed by atoms with E-state index in [4.69, 9.17) is 4.74 Å². The summed E-state index contributed by atoms with van der Waals surface area (Å²) in [5.41, 5.74) is 2.43. The molecule has 0 bridgehead atoms. The van der Waals surface area contributed by atoms with Gasteiger partial charge in [-0.1, -0.05) is 26.3 Å². The van der Waals surface area contributed by atoms with Crippen LogP contribution in [-0.4, -0.2) is 12.6 Å². The Balaban J connectivity index is 2.02. The van der Waals surface area contributed by atoms with Crippen LogP contribution in [-0.2, 0) is 0 Å². The highest BCUT2D eigenvalue weighted by Crippen LogP contribution is 2.33. The smallest absolute Gasteiger partial charge is 0.142 e. The zero-order valence-corrected chi connectivity index (χ0v) is 12.5. The number of nitrogens with one attached hydrogen (secondary N) is 1. The highest BCUT2D eigenvalue weighted by atomic mass is 16.5. The van der Waals surface area contributed by atoms with Crippen LogP contribution in [0.2, 0.25) is 0 Å². The maximum Gasteiger partial charge on any atom is 0.142 e. The van der Waals surface area contributed by atoms with Crippen molar-refractivity contribution in [3.63, 3.8) is 0 Å². The van der Waals surface area contributed by atoms with Crippen LogP contribution < -0.4 is 10.1 Å². The van der Waals surface area contributed by atoms with Crippen molar-refractivity contribution in [2.24, 2.45) is 5.92 Å². The number of hydrogen-bond acceptors (Lipinski definition) is 2. The summed E-state index contributed by atoms with van der Waals surface area (Å²) >= 11 is 0. The molecule has 0 amide bonds. The molecule has 1 aliphatic carbocycles.